The molecule has 0 unspecified atom stereocenters. The fraction of sp³-hybridized carbons (Fsp3) is 0.250. The van der Waals surface area contributed by atoms with Gasteiger partial charge < -0.3 is 9.31 Å². The van der Waals surface area contributed by atoms with Gasteiger partial charge in [0.1, 0.15) is 11.5 Å². The molecule has 1 aromatic rings. The molecule has 3 nitrogen and oxygen atoms in total. The van der Waals surface area contributed by atoms with E-state index in [1.807, 2.05) is 24.3 Å². The number of para-hydroxylation sites is 2. The molecule has 12 heavy (non-hydrogen) atoms. The number of rotatable bonds is 1. The minimum atomic E-state index is -0.164. The van der Waals surface area contributed by atoms with Crippen LogP contribution in [0.4, 0.5) is 0 Å². The van der Waals surface area contributed by atoms with Gasteiger partial charge in [-0.2, -0.15) is 0 Å². The van der Waals surface area contributed by atoms with Gasteiger partial charge in [-0.05, 0) is 12.1 Å². The van der Waals surface area contributed by atoms with E-state index in [4.69, 9.17) is 9.31 Å². The summed E-state index contributed by atoms with van der Waals surface area (Å²) in [6.07, 6.45) is 0. The van der Waals surface area contributed by atoms with Gasteiger partial charge in [0.25, 0.3) is 0 Å². The van der Waals surface area contributed by atoms with Gasteiger partial charge in [0.05, 0.1) is 0 Å². The van der Waals surface area contributed by atoms with Crippen LogP contribution >= 0.6 is 0 Å². The van der Waals surface area contributed by atoms with Crippen molar-refractivity contribution in [2.75, 3.05) is 13.1 Å². The molecule has 0 spiro atoms. The third kappa shape index (κ3) is 0.882. The Morgan fingerprint density at radius 3 is 2.17 bits per heavy atom. The van der Waals surface area contributed by atoms with Crippen molar-refractivity contribution in [1.29, 1.82) is 0 Å². The summed E-state index contributed by atoms with van der Waals surface area (Å²) < 4.78 is 11.1. The van der Waals surface area contributed by atoms with Crippen molar-refractivity contribution in [2.24, 2.45) is 0 Å². The molecule has 1 fully saturated rings. The summed E-state index contributed by atoms with van der Waals surface area (Å²) in [6, 6.07) is 7.76. The zero-order valence-corrected chi connectivity index (χ0v) is 6.56. The summed E-state index contributed by atoms with van der Waals surface area (Å²) in [6.45, 7) is 2.16. The van der Waals surface area contributed by atoms with Crippen molar-refractivity contribution in [3.05, 3.63) is 24.3 Å². The maximum Gasteiger partial charge on any atom is 0.701 e. The molecule has 0 N–H and O–H groups in total. The summed E-state index contributed by atoms with van der Waals surface area (Å²) >= 11 is 0. The van der Waals surface area contributed by atoms with E-state index in [2.05, 4.69) is 4.81 Å². The van der Waals surface area contributed by atoms with Gasteiger partial charge in [-0.1, -0.05) is 12.1 Å². The van der Waals surface area contributed by atoms with Crippen molar-refractivity contribution < 1.29 is 9.31 Å². The average molecular weight is 161 g/mol. The fourth-order valence-corrected chi connectivity index (χ4v) is 1.30. The number of hydrogen-bond acceptors (Lipinski definition) is 3. The van der Waals surface area contributed by atoms with Crippen LogP contribution < -0.4 is 9.31 Å². The largest absolute Gasteiger partial charge is 0.701 e. The molecule has 3 rings (SSSR count). The highest BCUT2D eigenvalue weighted by Gasteiger charge is 2.44. The van der Waals surface area contributed by atoms with Crippen molar-refractivity contribution in [2.45, 2.75) is 0 Å². The van der Waals surface area contributed by atoms with Gasteiger partial charge >= 0.3 is 7.25 Å². The number of nitrogens with zero attached hydrogens (tertiary/aromatic N) is 1. The Hall–Kier alpha value is -1.16. The Morgan fingerprint density at radius 1 is 1.08 bits per heavy atom. The minimum Gasteiger partial charge on any atom is -0.509 e. The average Bonchev–Trinajstić information content (AvgIpc) is 2.85. The molecule has 60 valence electrons. The SMILES string of the molecule is c1ccc2c(c1)OB(N1CC1)O2. The molecule has 4 heteroatoms. The van der Waals surface area contributed by atoms with Gasteiger partial charge in [-0.3, -0.25) is 4.81 Å². The summed E-state index contributed by atoms with van der Waals surface area (Å²) in [5.41, 5.74) is 0. The number of benzene rings is 1. The lowest BCUT2D eigenvalue weighted by atomic mass is 10.1. The lowest BCUT2D eigenvalue weighted by Crippen LogP contribution is -2.34. The molecular weight excluding hydrogens is 153 g/mol. The van der Waals surface area contributed by atoms with Crippen LogP contribution in [0.3, 0.4) is 0 Å². The first-order valence-electron chi connectivity index (χ1n) is 4.10. The standard InChI is InChI=1S/C8H8BNO2/c1-2-4-8-7(3-1)11-9(12-8)10-5-6-10/h1-4H,5-6H2. The molecule has 2 heterocycles. The van der Waals surface area contributed by atoms with E-state index in [0.29, 0.717) is 0 Å². The predicted octanol–water partition coefficient (Wildman–Crippen LogP) is 0.758. The molecular formula is C8H8BNO2. The fourth-order valence-electron chi connectivity index (χ4n) is 1.30. The van der Waals surface area contributed by atoms with E-state index in [9.17, 15) is 0 Å². The van der Waals surface area contributed by atoms with Crippen LogP contribution in [0.1, 0.15) is 0 Å². The highest BCUT2D eigenvalue weighted by atomic mass is 16.6. The highest BCUT2D eigenvalue weighted by Crippen LogP contribution is 2.34. The first-order chi connectivity index (χ1) is 5.93. The summed E-state index contributed by atoms with van der Waals surface area (Å²) in [4.78, 5) is 2.12. The Kier molecular flexibility index (Phi) is 1.15. The maximum absolute atomic E-state index is 5.53. The molecule has 0 aromatic heterocycles. The molecule has 1 aromatic carbocycles. The minimum absolute atomic E-state index is 0.164. The van der Waals surface area contributed by atoms with Gasteiger partial charge in [-0.25, -0.2) is 0 Å². The van der Waals surface area contributed by atoms with E-state index >= 15 is 0 Å². The third-order valence-electron chi connectivity index (χ3n) is 2.08. The molecule has 0 atom stereocenters. The van der Waals surface area contributed by atoms with Crippen molar-refractivity contribution >= 4 is 7.25 Å². The van der Waals surface area contributed by atoms with E-state index in [1.54, 1.807) is 0 Å². The highest BCUT2D eigenvalue weighted by molar-refractivity contribution is 6.45. The van der Waals surface area contributed by atoms with Crippen LogP contribution in [0.2, 0.25) is 0 Å². The molecule has 2 aliphatic rings. The third-order valence-corrected chi connectivity index (χ3v) is 2.08. The predicted molar refractivity (Wildman–Crippen MR) is 45.0 cm³/mol. The van der Waals surface area contributed by atoms with Gasteiger partial charge in [0.15, 0.2) is 0 Å². The van der Waals surface area contributed by atoms with Gasteiger partial charge in [0.2, 0.25) is 0 Å². The van der Waals surface area contributed by atoms with Crippen molar-refractivity contribution in [1.82, 2.24) is 4.81 Å². The lowest BCUT2D eigenvalue weighted by molar-refractivity contribution is 0.440. The summed E-state index contributed by atoms with van der Waals surface area (Å²) in [7, 11) is -0.164. The quantitative estimate of drug-likeness (QED) is 0.448. The first-order valence-corrected chi connectivity index (χ1v) is 4.10. The molecule has 0 saturated carbocycles. The first kappa shape index (κ1) is 6.37. The summed E-state index contributed by atoms with van der Waals surface area (Å²) in [5.74, 6) is 1.71. The summed E-state index contributed by atoms with van der Waals surface area (Å²) in [5, 5.41) is 0. The van der Waals surface area contributed by atoms with Crippen molar-refractivity contribution in [3.63, 3.8) is 0 Å². The second-order valence-corrected chi connectivity index (χ2v) is 3.03. The van der Waals surface area contributed by atoms with Crippen LogP contribution in [0.5, 0.6) is 11.5 Å². The monoisotopic (exact) mass is 161 g/mol. The zero-order chi connectivity index (χ0) is 7.97. The van der Waals surface area contributed by atoms with E-state index in [0.717, 1.165) is 24.6 Å². The zero-order valence-electron chi connectivity index (χ0n) is 6.56. The second kappa shape index (κ2) is 2.17. The topological polar surface area (TPSA) is 21.5 Å². The van der Waals surface area contributed by atoms with E-state index in [1.165, 1.54) is 0 Å². The van der Waals surface area contributed by atoms with Crippen LogP contribution in [0, 0.1) is 0 Å². The van der Waals surface area contributed by atoms with Crippen LogP contribution in [0.25, 0.3) is 0 Å². The Balaban J connectivity index is 1.89. The Labute approximate surface area is 71.1 Å². The number of fused-ring (bicyclic) bond motifs is 1. The number of hydrogen-bond donors (Lipinski definition) is 0. The van der Waals surface area contributed by atoms with E-state index in [-0.39, 0.29) is 7.25 Å². The maximum atomic E-state index is 5.53. The molecule has 0 aliphatic carbocycles. The molecule has 0 bridgehead atoms. The van der Waals surface area contributed by atoms with Crippen LogP contribution in [-0.2, 0) is 0 Å². The molecule has 0 amide bonds. The smallest absolute Gasteiger partial charge is 0.509 e. The molecule has 0 radical (unpaired) electrons. The molecule has 1 saturated heterocycles. The van der Waals surface area contributed by atoms with Crippen LogP contribution in [-0.4, -0.2) is 25.2 Å². The molecule has 2 aliphatic heterocycles. The van der Waals surface area contributed by atoms with Crippen molar-refractivity contribution in [3.8, 4) is 11.5 Å². The second-order valence-electron chi connectivity index (χ2n) is 3.03. The lowest BCUT2D eigenvalue weighted by Gasteiger charge is -2.01. The Bertz CT molecular complexity index is 289. The van der Waals surface area contributed by atoms with Crippen LogP contribution in [0.15, 0.2) is 24.3 Å². The normalized spacial score (nSPS) is 19.8. The van der Waals surface area contributed by atoms with Gasteiger partial charge in [-0.15, -0.1) is 0 Å². The van der Waals surface area contributed by atoms with E-state index < -0.39 is 0 Å². The van der Waals surface area contributed by atoms with Gasteiger partial charge in [0, 0.05) is 13.1 Å². The Morgan fingerprint density at radius 2 is 1.67 bits per heavy atom.